The molecular formula is C32H32N4O2S2. The van der Waals surface area contributed by atoms with Crippen molar-refractivity contribution in [1.29, 1.82) is 0 Å². The van der Waals surface area contributed by atoms with Crippen molar-refractivity contribution in [2.45, 2.75) is 31.1 Å². The molecule has 40 heavy (non-hydrogen) atoms. The van der Waals surface area contributed by atoms with Crippen molar-refractivity contribution in [3.63, 3.8) is 0 Å². The summed E-state index contributed by atoms with van der Waals surface area (Å²) in [4.78, 5) is 26.3. The van der Waals surface area contributed by atoms with Gasteiger partial charge < -0.3 is 14.5 Å². The van der Waals surface area contributed by atoms with Gasteiger partial charge in [0.1, 0.15) is 15.8 Å². The van der Waals surface area contributed by atoms with Crippen LogP contribution in [0.1, 0.15) is 46.1 Å². The van der Waals surface area contributed by atoms with E-state index in [1.54, 1.807) is 22.7 Å². The summed E-state index contributed by atoms with van der Waals surface area (Å²) in [6.07, 6.45) is 5.68. The summed E-state index contributed by atoms with van der Waals surface area (Å²) < 4.78 is 6.85. The lowest BCUT2D eigenvalue weighted by Gasteiger charge is -2.33. The maximum Gasteiger partial charge on any atom is 0.254 e. The van der Waals surface area contributed by atoms with E-state index in [9.17, 15) is 4.79 Å². The fraction of sp³-hybridized carbons (Fsp3) is 0.250. The monoisotopic (exact) mass is 568 g/mol. The summed E-state index contributed by atoms with van der Waals surface area (Å²) in [5, 5.41) is 0. The molecule has 0 spiro atoms. The molecule has 6 nitrogen and oxygen atoms in total. The lowest BCUT2D eigenvalue weighted by Crippen LogP contribution is -2.35. The fourth-order valence-electron chi connectivity index (χ4n) is 4.77. The highest BCUT2D eigenvalue weighted by atomic mass is 32.2. The van der Waals surface area contributed by atoms with Crippen molar-refractivity contribution in [2.75, 3.05) is 20.1 Å². The van der Waals surface area contributed by atoms with Crippen molar-refractivity contribution >= 4 is 34.2 Å². The van der Waals surface area contributed by atoms with Gasteiger partial charge in [0.25, 0.3) is 5.91 Å². The van der Waals surface area contributed by atoms with Crippen LogP contribution >= 0.6 is 24.0 Å². The van der Waals surface area contributed by atoms with Gasteiger partial charge in [0, 0.05) is 62.0 Å². The zero-order chi connectivity index (χ0) is 27.7. The quantitative estimate of drug-likeness (QED) is 0.213. The third-order valence-corrected chi connectivity index (χ3v) is 8.47. The number of pyridine rings is 2. The number of piperidine rings is 1. The van der Waals surface area contributed by atoms with Crippen LogP contribution in [0.25, 0.3) is 0 Å². The Morgan fingerprint density at radius 1 is 0.950 bits per heavy atom. The van der Waals surface area contributed by atoms with Crippen LogP contribution in [0.2, 0.25) is 0 Å². The molecule has 1 aliphatic heterocycles. The largest absolute Gasteiger partial charge is 0.457 e. The fourth-order valence-corrected chi connectivity index (χ4v) is 5.93. The highest BCUT2D eigenvalue weighted by molar-refractivity contribution is 8.22. The summed E-state index contributed by atoms with van der Waals surface area (Å²) in [5.74, 6) is 2.49. The lowest BCUT2D eigenvalue weighted by atomic mass is 9.92. The number of para-hydroxylation sites is 1. The second-order valence-electron chi connectivity index (χ2n) is 9.83. The highest BCUT2D eigenvalue weighted by Crippen LogP contribution is 2.29. The van der Waals surface area contributed by atoms with E-state index in [1.807, 2.05) is 92.2 Å². The maximum atomic E-state index is 13.2. The summed E-state index contributed by atoms with van der Waals surface area (Å²) in [6, 6.07) is 27.0. The molecule has 2 aromatic heterocycles. The summed E-state index contributed by atoms with van der Waals surface area (Å²) in [6.45, 7) is 2.35. The summed E-state index contributed by atoms with van der Waals surface area (Å²) >= 11 is 7.38. The van der Waals surface area contributed by atoms with Crippen LogP contribution in [0.3, 0.4) is 0 Å². The number of hydrogen-bond acceptors (Lipinski definition) is 6. The van der Waals surface area contributed by atoms with Crippen molar-refractivity contribution < 1.29 is 9.53 Å². The van der Waals surface area contributed by atoms with Crippen LogP contribution in [-0.2, 0) is 12.3 Å². The van der Waals surface area contributed by atoms with Crippen LogP contribution in [0.15, 0.2) is 97.3 Å². The third kappa shape index (κ3) is 7.46. The SMILES string of the molecule is CN(Cc1ccnc(C2CCN(C(=S)SCc3ccccn3)CC2)c1)C(=O)c1cccc(Oc2ccccc2)c1. The normalized spacial score (nSPS) is 13.6. The molecule has 0 radical (unpaired) electrons. The second-order valence-corrected chi connectivity index (χ2v) is 11.4. The minimum Gasteiger partial charge on any atom is -0.457 e. The van der Waals surface area contributed by atoms with Gasteiger partial charge >= 0.3 is 0 Å². The number of carbonyl (C=O) groups is 1. The summed E-state index contributed by atoms with van der Waals surface area (Å²) in [5.41, 5.74) is 3.79. The molecule has 1 amide bonds. The Morgan fingerprint density at radius 3 is 2.50 bits per heavy atom. The van der Waals surface area contributed by atoms with Crippen LogP contribution in [0.4, 0.5) is 0 Å². The van der Waals surface area contributed by atoms with Gasteiger partial charge in [0.15, 0.2) is 0 Å². The average Bonchev–Trinajstić information content (AvgIpc) is 3.01. The van der Waals surface area contributed by atoms with Gasteiger partial charge in [-0.05, 0) is 73.0 Å². The standard InChI is InChI=1S/C32H32N4O2S2/c1-35(31(37)26-8-7-12-29(21-26)38-28-10-3-2-4-11-28)22-24-13-17-34-30(20-24)25-14-18-36(19-15-25)32(39)40-23-27-9-5-6-16-33-27/h2-13,16-17,20-21,25H,14-15,18-19,22-23H2,1H3. The van der Waals surface area contributed by atoms with Crippen LogP contribution < -0.4 is 4.74 Å². The molecule has 1 aliphatic rings. The number of aromatic nitrogens is 2. The average molecular weight is 569 g/mol. The Labute approximate surface area is 245 Å². The van der Waals surface area contributed by atoms with Crippen molar-refractivity contribution in [3.05, 3.63) is 120 Å². The first-order chi connectivity index (χ1) is 19.5. The molecular weight excluding hydrogens is 537 g/mol. The smallest absolute Gasteiger partial charge is 0.254 e. The third-order valence-electron chi connectivity index (χ3n) is 6.91. The Morgan fingerprint density at radius 2 is 1.73 bits per heavy atom. The lowest BCUT2D eigenvalue weighted by molar-refractivity contribution is 0.0784. The van der Waals surface area contributed by atoms with E-state index >= 15 is 0 Å². The molecule has 3 heterocycles. The maximum absolute atomic E-state index is 13.2. The second kappa shape index (κ2) is 13.5. The van der Waals surface area contributed by atoms with E-state index in [0.29, 0.717) is 23.8 Å². The number of amides is 1. The van der Waals surface area contributed by atoms with Gasteiger partial charge in [0.05, 0.1) is 5.69 Å². The molecule has 0 unspecified atom stereocenters. The van der Waals surface area contributed by atoms with Gasteiger partial charge in [-0.15, -0.1) is 0 Å². The van der Waals surface area contributed by atoms with Gasteiger partial charge in [-0.25, -0.2) is 0 Å². The Bertz CT molecular complexity index is 1430. The number of nitrogens with zero attached hydrogens (tertiary/aromatic N) is 4. The number of ether oxygens (including phenoxy) is 1. The van der Waals surface area contributed by atoms with E-state index in [1.165, 1.54) is 0 Å². The molecule has 4 aromatic rings. The number of likely N-dealkylation sites (tertiary alicyclic amines) is 1. The Kier molecular flexibility index (Phi) is 9.42. The predicted octanol–water partition coefficient (Wildman–Crippen LogP) is 6.94. The summed E-state index contributed by atoms with van der Waals surface area (Å²) in [7, 11) is 1.83. The zero-order valence-corrected chi connectivity index (χ0v) is 24.1. The van der Waals surface area contributed by atoms with E-state index in [4.69, 9.17) is 17.0 Å². The van der Waals surface area contributed by atoms with Crippen LogP contribution in [0.5, 0.6) is 11.5 Å². The molecule has 2 aromatic carbocycles. The molecule has 8 heteroatoms. The topological polar surface area (TPSA) is 58.6 Å². The first-order valence-electron chi connectivity index (χ1n) is 13.4. The number of rotatable bonds is 8. The van der Waals surface area contributed by atoms with Gasteiger partial charge in [0.2, 0.25) is 0 Å². The van der Waals surface area contributed by atoms with E-state index in [0.717, 1.165) is 58.7 Å². The number of thioether (sulfide) groups is 1. The molecule has 0 atom stereocenters. The van der Waals surface area contributed by atoms with E-state index in [2.05, 4.69) is 20.9 Å². The van der Waals surface area contributed by atoms with Gasteiger partial charge in [-0.3, -0.25) is 14.8 Å². The number of carbonyl (C=O) groups excluding carboxylic acids is 1. The first kappa shape index (κ1) is 27.8. The molecule has 204 valence electrons. The minimum atomic E-state index is -0.0538. The molecule has 0 bridgehead atoms. The Balaban J connectivity index is 1.14. The predicted molar refractivity (Wildman–Crippen MR) is 165 cm³/mol. The van der Waals surface area contributed by atoms with E-state index in [-0.39, 0.29) is 5.91 Å². The minimum absolute atomic E-state index is 0.0538. The number of thiocarbonyl (C=S) groups is 1. The number of benzene rings is 2. The van der Waals surface area contributed by atoms with Crippen molar-refractivity contribution in [3.8, 4) is 11.5 Å². The molecule has 1 fully saturated rings. The number of hydrogen-bond donors (Lipinski definition) is 0. The molecule has 0 N–H and O–H groups in total. The first-order valence-corrected chi connectivity index (χ1v) is 14.8. The molecule has 0 saturated carbocycles. The molecule has 0 aliphatic carbocycles. The van der Waals surface area contributed by atoms with Crippen LogP contribution in [-0.4, -0.2) is 50.1 Å². The highest BCUT2D eigenvalue weighted by Gasteiger charge is 2.24. The molecule has 1 saturated heterocycles. The van der Waals surface area contributed by atoms with Crippen molar-refractivity contribution in [1.82, 2.24) is 19.8 Å². The van der Waals surface area contributed by atoms with Crippen LogP contribution in [0, 0.1) is 0 Å². The Hall–Kier alpha value is -3.75. The van der Waals surface area contributed by atoms with E-state index < -0.39 is 0 Å². The zero-order valence-electron chi connectivity index (χ0n) is 22.5. The van der Waals surface area contributed by atoms with Gasteiger partial charge in [-0.2, -0.15) is 0 Å². The molecule has 5 rings (SSSR count). The van der Waals surface area contributed by atoms with Gasteiger partial charge in [-0.1, -0.05) is 54.3 Å². The van der Waals surface area contributed by atoms with Crippen molar-refractivity contribution in [2.24, 2.45) is 0 Å².